The van der Waals surface area contributed by atoms with Gasteiger partial charge in [0.1, 0.15) is 6.04 Å². The van der Waals surface area contributed by atoms with E-state index < -0.39 is 46.2 Å². The molecule has 0 spiro atoms. The maximum absolute atomic E-state index is 13.6. The number of H-pyrrole nitrogens is 1. The fraction of sp³-hybridized carbons (Fsp3) is 0.182. The second-order valence-corrected chi connectivity index (χ2v) is 3.97. The highest BCUT2D eigenvalue weighted by atomic mass is 19.2. The van der Waals surface area contributed by atoms with Crippen molar-refractivity contribution in [2.75, 3.05) is 0 Å². The molecule has 0 aliphatic rings. The van der Waals surface area contributed by atoms with Crippen LogP contribution in [0.4, 0.5) is 17.6 Å². The summed E-state index contributed by atoms with van der Waals surface area (Å²) in [7, 11) is 0. The molecule has 0 unspecified atom stereocenters. The Kier molecular flexibility index (Phi) is 3.19. The lowest BCUT2D eigenvalue weighted by molar-refractivity contribution is -0.138. The van der Waals surface area contributed by atoms with E-state index in [1.54, 1.807) is 0 Å². The van der Waals surface area contributed by atoms with Gasteiger partial charge in [0.25, 0.3) is 0 Å². The van der Waals surface area contributed by atoms with E-state index in [0.29, 0.717) is 0 Å². The average molecular weight is 276 g/mol. The molecule has 1 aromatic carbocycles. The van der Waals surface area contributed by atoms with Crippen LogP contribution in [0.2, 0.25) is 0 Å². The Hall–Kier alpha value is -2.09. The number of hydrogen-bond donors (Lipinski definition) is 3. The molecule has 19 heavy (non-hydrogen) atoms. The lowest BCUT2D eigenvalue weighted by Crippen LogP contribution is -2.32. The van der Waals surface area contributed by atoms with Gasteiger partial charge in [0.15, 0.2) is 23.3 Å². The van der Waals surface area contributed by atoms with E-state index in [1.807, 2.05) is 0 Å². The SMILES string of the molecule is N[C@H](Cc1c[nH]c2c(F)c(F)c(F)c(F)c12)C(=O)O. The standard InChI is InChI=1S/C11H8F4N2O2/c12-6-5-3(1-4(16)11(18)19)2-17-10(5)9(15)8(14)7(6)13/h2,4,17H,1,16H2,(H,18,19)/t4-/m1/s1. The summed E-state index contributed by atoms with van der Waals surface area (Å²) in [4.78, 5) is 12.8. The molecule has 4 N–H and O–H groups in total. The Morgan fingerprint density at radius 3 is 2.37 bits per heavy atom. The number of aliphatic carboxylic acids is 1. The van der Waals surface area contributed by atoms with Gasteiger partial charge in [-0.05, 0) is 5.56 Å². The Morgan fingerprint density at radius 1 is 1.21 bits per heavy atom. The highest BCUT2D eigenvalue weighted by Gasteiger charge is 2.25. The van der Waals surface area contributed by atoms with Crippen LogP contribution >= 0.6 is 0 Å². The van der Waals surface area contributed by atoms with Gasteiger partial charge in [-0.1, -0.05) is 0 Å². The van der Waals surface area contributed by atoms with Gasteiger partial charge in [-0.15, -0.1) is 0 Å². The first-order valence-corrected chi connectivity index (χ1v) is 5.14. The van der Waals surface area contributed by atoms with Gasteiger partial charge >= 0.3 is 5.97 Å². The van der Waals surface area contributed by atoms with Crippen molar-refractivity contribution >= 4 is 16.9 Å². The number of carbonyl (C=O) groups is 1. The molecule has 0 radical (unpaired) electrons. The van der Waals surface area contributed by atoms with E-state index in [2.05, 4.69) is 4.98 Å². The van der Waals surface area contributed by atoms with Gasteiger partial charge in [-0.25, -0.2) is 17.6 Å². The van der Waals surface area contributed by atoms with Crippen LogP contribution in [0.15, 0.2) is 6.20 Å². The zero-order valence-corrected chi connectivity index (χ0v) is 9.31. The molecular weight excluding hydrogens is 268 g/mol. The largest absolute Gasteiger partial charge is 0.480 e. The number of aromatic amines is 1. The summed E-state index contributed by atoms with van der Waals surface area (Å²) in [6, 6.07) is -1.37. The quantitative estimate of drug-likeness (QED) is 0.453. The van der Waals surface area contributed by atoms with Crippen molar-refractivity contribution in [2.45, 2.75) is 12.5 Å². The third-order valence-electron chi connectivity index (χ3n) is 2.74. The maximum Gasteiger partial charge on any atom is 0.320 e. The first-order valence-electron chi connectivity index (χ1n) is 5.14. The Labute approximate surface area is 103 Å². The molecule has 0 amide bonds. The molecule has 1 atom stereocenters. The average Bonchev–Trinajstić information content (AvgIpc) is 2.77. The minimum absolute atomic E-state index is 0.0415. The van der Waals surface area contributed by atoms with Gasteiger partial charge in [-0.2, -0.15) is 0 Å². The number of nitrogens with one attached hydrogen (secondary N) is 1. The van der Waals surface area contributed by atoms with Crippen LogP contribution in [0.3, 0.4) is 0 Å². The number of fused-ring (bicyclic) bond motifs is 1. The third kappa shape index (κ3) is 2.03. The van der Waals surface area contributed by atoms with Crippen molar-refractivity contribution in [3.63, 3.8) is 0 Å². The number of carboxylic acids is 1. The van der Waals surface area contributed by atoms with Crippen molar-refractivity contribution in [3.05, 3.63) is 35.0 Å². The van der Waals surface area contributed by atoms with Crippen molar-refractivity contribution in [3.8, 4) is 0 Å². The number of aromatic nitrogens is 1. The molecule has 0 saturated heterocycles. The van der Waals surface area contributed by atoms with Crippen LogP contribution in [-0.4, -0.2) is 22.1 Å². The number of carboxylic acid groups (broad SMARTS) is 1. The number of halogens is 4. The van der Waals surface area contributed by atoms with E-state index in [4.69, 9.17) is 10.8 Å². The fourth-order valence-electron chi connectivity index (χ4n) is 1.79. The van der Waals surface area contributed by atoms with Crippen LogP contribution in [0.5, 0.6) is 0 Å². The number of hydrogen-bond acceptors (Lipinski definition) is 2. The number of benzene rings is 1. The molecule has 0 aliphatic heterocycles. The van der Waals surface area contributed by atoms with Crippen molar-refractivity contribution in [2.24, 2.45) is 5.73 Å². The minimum Gasteiger partial charge on any atom is -0.480 e. The molecule has 102 valence electrons. The molecule has 1 heterocycles. The zero-order chi connectivity index (χ0) is 14.3. The van der Waals surface area contributed by atoms with Crippen LogP contribution in [0.25, 0.3) is 10.9 Å². The van der Waals surface area contributed by atoms with Crippen molar-refractivity contribution < 1.29 is 27.5 Å². The van der Waals surface area contributed by atoms with Crippen molar-refractivity contribution in [1.29, 1.82) is 0 Å². The molecule has 2 rings (SSSR count). The summed E-state index contributed by atoms with van der Waals surface area (Å²) in [5, 5.41) is 8.10. The van der Waals surface area contributed by atoms with E-state index in [1.165, 1.54) is 0 Å². The van der Waals surface area contributed by atoms with E-state index in [9.17, 15) is 22.4 Å². The molecule has 1 aromatic heterocycles. The molecule has 4 nitrogen and oxygen atoms in total. The summed E-state index contributed by atoms with van der Waals surface area (Å²) >= 11 is 0. The topological polar surface area (TPSA) is 79.1 Å². The molecule has 0 bridgehead atoms. The van der Waals surface area contributed by atoms with Crippen molar-refractivity contribution in [1.82, 2.24) is 4.98 Å². The minimum atomic E-state index is -1.95. The van der Waals surface area contributed by atoms with Gasteiger partial charge < -0.3 is 15.8 Å². The summed E-state index contributed by atoms with van der Waals surface area (Å²) in [6.07, 6.45) is 0.718. The van der Waals surface area contributed by atoms with Gasteiger partial charge in [0.05, 0.1) is 5.52 Å². The molecular formula is C11H8F4N2O2. The van der Waals surface area contributed by atoms with E-state index in [0.717, 1.165) is 6.20 Å². The lowest BCUT2D eigenvalue weighted by Gasteiger charge is -2.06. The normalized spacial score (nSPS) is 12.9. The van der Waals surface area contributed by atoms with Gasteiger partial charge in [-0.3, -0.25) is 4.79 Å². The third-order valence-corrected chi connectivity index (χ3v) is 2.74. The summed E-state index contributed by atoms with van der Waals surface area (Å²) < 4.78 is 53.1. The van der Waals surface area contributed by atoms with Crippen LogP contribution in [0.1, 0.15) is 5.56 Å². The summed E-state index contributed by atoms with van der Waals surface area (Å²) in [6.45, 7) is 0. The molecule has 2 aromatic rings. The van der Waals surface area contributed by atoms with Crippen LogP contribution < -0.4 is 5.73 Å². The monoisotopic (exact) mass is 276 g/mol. The summed E-state index contributed by atoms with van der Waals surface area (Å²) in [5.74, 6) is -8.37. The molecule has 0 fully saturated rings. The van der Waals surface area contributed by atoms with Crippen LogP contribution in [-0.2, 0) is 11.2 Å². The highest BCUT2D eigenvalue weighted by Crippen LogP contribution is 2.29. The van der Waals surface area contributed by atoms with Gasteiger partial charge in [0.2, 0.25) is 0 Å². The Morgan fingerprint density at radius 2 is 1.79 bits per heavy atom. The zero-order valence-electron chi connectivity index (χ0n) is 9.31. The first kappa shape index (κ1) is 13.3. The number of nitrogens with two attached hydrogens (primary N) is 1. The maximum atomic E-state index is 13.6. The second kappa shape index (κ2) is 4.54. The van der Waals surface area contributed by atoms with E-state index in [-0.39, 0.29) is 12.0 Å². The Balaban J connectivity index is 2.63. The molecule has 0 aliphatic carbocycles. The van der Waals surface area contributed by atoms with Crippen LogP contribution in [0, 0.1) is 23.3 Å². The number of rotatable bonds is 3. The second-order valence-electron chi connectivity index (χ2n) is 3.97. The predicted molar refractivity (Wildman–Crippen MR) is 57.4 cm³/mol. The predicted octanol–water partition coefficient (Wildman–Crippen LogP) is 1.68. The smallest absolute Gasteiger partial charge is 0.320 e. The fourth-order valence-corrected chi connectivity index (χ4v) is 1.79. The van der Waals surface area contributed by atoms with Gasteiger partial charge in [0, 0.05) is 18.0 Å². The molecule has 0 saturated carbocycles. The molecule has 8 heteroatoms. The van der Waals surface area contributed by atoms with E-state index >= 15 is 0 Å². The Bertz CT molecular complexity index is 668. The summed E-state index contributed by atoms with van der Waals surface area (Å²) in [5.41, 5.74) is 4.65. The first-order chi connectivity index (χ1) is 8.84. The highest BCUT2D eigenvalue weighted by molar-refractivity contribution is 5.85. The lowest BCUT2D eigenvalue weighted by atomic mass is 10.0.